The molecule has 1 N–H and O–H groups in total. The number of hydrogen-bond acceptors (Lipinski definition) is 6. The molecule has 7 nitrogen and oxygen atoms in total. The lowest BCUT2D eigenvalue weighted by atomic mass is 10.1. The second-order valence-corrected chi connectivity index (χ2v) is 6.75. The molecule has 26 heavy (non-hydrogen) atoms. The SMILES string of the molecule is CCN(CCO)c1ccc(/N=N/c2c(Cl)cc([N+](=O)[O-])cc2Br)c(C)c1. The predicted molar refractivity (Wildman–Crippen MR) is 106 cm³/mol. The van der Waals surface area contributed by atoms with Crippen molar-refractivity contribution in [2.75, 3.05) is 24.6 Å². The van der Waals surface area contributed by atoms with Crippen LogP contribution in [0.5, 0.6) is 0 Å². The third kappa shape index (κ3) is 4.78. The minimum absolute atomic E-state index is 0.0843. The number of aryl methyl sites for hydroxylation is 1. The maximum absolute atomic E-state index is 10.9. The Morgan fingerprint density at radius 2 is 2.04 bits per heavy atom. The number of anilines is 1. The molecule has 0 saturated heterocycles. The first kappa shape index (κ1) is 20.3. The number of rotatable bonds is 7. The van der Waals surface area contributed by atoms with Crippen LogP contribution in [-0.4, -0.2) is 29.7 Å². The zero-order valence-electron chi connectivity index (χ0n) is 14.3. The standard InChI is InChI=1S/C17H18BrClN4O3/c1-3-22(6-7-24)12-4-5-16(11(2)8-12)20-21-17-14(18)9-13(23(25)26)10-15(17)19/h4-5,8-10,24H,3,6-7H2,1-2H3/b21-20+. The molecule has 0 aliphatic carbocycles. The van der Waals surface area contributed by atoms with Gasteiger partial charge in [-0.3, -0.25) is 10.1 Å². The van der Waals surface area contributed by atoms with E-state index in [2.05, 4.69) is 31.1 Å². The fraction of sp³-hybridized carbons (Fsp3) is 0.294. The molecule has 0 heterocycles. The number of halogens is 2. The number of benzene rings is 2. The number of likely N-dealkylation sites (N-methyl/N-ethyl adjacent to an activating group) is 1. The van der Waals surface area contributed by atoms with Crippen molar-refractivity contribution in [1.82, 2.24) is 0 Å². The van der Waals surface area contributed by atoms with Crippen LogP contribution in [0.1, 0.15) is 12.5 Å². The fourth-order valence-electron chi connectivity index (χ4n) is 2.40. The normalized spacial score (nSPS) is 11.1. The van der Waals surface area contributed by atoms with E-state index in [1.807, 2.05) is 32.0 Å². The van der Waals surface area contributed by atoms with E-state index in [4.69, 9.17) is 16.7 Å². The van der Waals surface area contributed by atoms with Gasteiger partial charge >= 0.3 is 0 Å². The number of hydrogen-bond donors (Lipinski definition) is 1. The first-order chi connectivity index (χ1) is 12.4. The average molecular weight is 442 g/mol. The summed E-state index contributed by atoms with van der Waals surface area (Å²) in [6, 6.07) is 8.29. The molecule has 0 saturated carbocycles. The second kappa shape index (κ2) is 9.07. The molecule has 0 amide bonds. The first-order valence-corrected chi connectivity index (χ1v) is 9.06. The van der Waals surface area contributed by atoms with Crippen molar-refractivity contribution in [3.8, 4) is 0 Å². The van der Waals surface area contributed by atoms with E-state index in [1.54, 1.807) is 0 Å². The molecule has 0 aliphatic heterocycles. The number of aliphatic hydroxyl groups is 1. The lowest BCUT2D eigenvalue weighted by Gasteiger charge is -2.22. The maximum atomic E-state index is 10.9. The first-order valence-electron chi connectivity index (χ1n) is 7.89. The van der Waals surface area contributed by atoms with E-state index < -0.39 is 4.92 Å². The van der Waals surface area contributed by atoms with Crippen molar-refractivity contribution in [3.05, 3.63) is 55.5 Å². The average Bonchev–Trinajstić information content (AvgIpc) is 2.59. The molecule has 0 aromatic heterocycles. The van der Waals surface area contributed by atoms with Crippen molar-refractivity contribution in [2.45, 2.75) is 13.8 Å². The molecule has 0 bridgehead atoms. The van der Waals surface area contributed by atoms with Crippen LogP contribution in [0, 0.1) is 17.0 Å². The lowest BCUT2D eigenvalue weighted by Crippen LogP contribution is -2.26. The van der Waals surface area contributed by atoms with Crippen LogP contribution in [0.25, 0.3) is 0 Å². The van der Waals surface area contributed by atoms with E-state index in [0.717, 1.165) is 17.8 Å². The van der Waals surface area contributed by atoms with Gasteiger partial charge < -0.3 is 10.0 Å². The third-order valence-corrected chi connectivity index (χ3v) is 4.66. The zero-order valence-corrected chi connectivity index (χ0v) is 16.7. The fourth-order valence-corrected chi connectivity index (χ4v) is 3.29. The summed E-state index contributed by atoms with van der Waals surface area (Å²) in [6.45, 7) is 5.36. The molecule has 2 rings (SSSR count). The van der Waals surface area contributed by atoms with Crippen molar-refractivity contribution in [1.29, 1.82) is 0 Å². The minimum atomic E-state index is -0.522. The van der Waals surface area contributed by atoms with E-state index in [-0.39, 0.29) is 17.3 Å². The maximum Gasteiger partial charge on any atom is 0.272 e. The van der Waals surface area contributed by atoms with Crippen molar-refractivity contribution >= 4 is 50.3 Å². The number of aliphatic hydroxyl groups excluding tert-OH is 1. The van der Waals surface area contributed by atoms with Crippen LogP contribution >= 0.6 is 27.5 Å². The molecular weight excluding hydrogens is 424 g/mol. The number of nitrogens with zero attached hydrogens (tertiary/aromatic N) is 4. The molecule has 0 spiro atoms. The Balaban J connectivity index is 2.30. The molecule has 2 aromatic rings. The van der Waals surface area contributed by atoms with Crippen LogP contribution in [0.15, 0.2) is 45.0 Å². The molecule has 0 radical (unpaired) electrons. The van der Waals surface area contributed by atoms with Gasteiger partial charge in [0, 0.05) is 30.9 Å². The molecule has 0 unspecified atom stereocenters. The summed E-state index contributed by atoms with van der Waals surface area (Å²) in [7, 11) is 0. The van der Waals surface area contributed by atoms with E-state index in [9.17, 15) is 10.1 Å². The molecule has 2 aromatic carbocycles. The van der Waals surface area contributed by atoms with Gasteiger partial charge in [-0.1, -0.05) is 11.6 Å². The monoisotopic (exact) mass is 440 g/mol. The van der Waals surface area contributed by atoms with Crippen molar-refractivity contribution in [2.24, 2.45) is 10.2 Å². The highest BCUT2D eigenvalue weighted by Gasteiger charge is 2.14. The number of nitro benzene ring substituents is 1. The van der Waals surface area contributed by atoms with Gasteiger partial charge in [0.15, 0.2) is 0 Å². The van der Waals surface area contributed by atoms with Gasteiger partial charge in [-0.25, -0.2) is 0 Å². The Morgan fingerprint density at radius 1 is 1.31 bits per heavy atom. The minimum Gasteiger partial charge on any atom is -0.395 e. The van der Waals surface area contributed by atoms with Crippen LogP contribution in [0.2, 0.25) is 5.02 Å². The molecular formula is C17H18BrClN4O3. The van der Waals surface area contributed by atoms with Gasteiger partial charge in [-0.05, 0) is 53.5 Å². The summed E-state index contributed by atoms with van der Waals surface area (Å²) < 4.78 is 0.398. The third-order valence-electron chi connectivity index (χ3n) is 3.77. The van der Waals surface area contributed by atoms with Gasteiger partial charge in [0.25, 0.3) is 5.69 Å². The van der Waals surface area contributed by atoms with Crippen molar-refractivity contribution in [3.63, 3.8) is 0 Å². The number of azo groups is 1. The Morgan fingerprint density at radius 3 is 2.58 bits per heavy atom. The van der Waals surface area contributed by atoms with E-state index in [0.29, 0.717) is 22.4 Å². The summed E-state index contributed by atoms with van der Waals surface area (Å²) in [5.74, 6) is 0. The Bertz CT molecular complexity index is 822. The number of nitro groups is 1. The topological polar surface area (TPSA) is 91.3 Å². The highest BCUT2D eigenvalue weighted by Crippen LogP contribution is 2.38. The van der Waals surface area contributed by atoms with Crippen LogP contribution < -0.4 is 4.90 Å². The zero-order chi connectivity index (χ0) is 19.3. The lowest BCUT2D eigenvalue weighted by molar-refractivity contribution is -0.384. The highest BCUT2D eigenvalue weighted by molar-refractivity contribution is 9.10. The molecule has 0 aliphatic rings. The summed E-state index contributed by atoms with van der Waals surface area (Å²) in [5, 5.41) is 28.5. The van der Waals surface area contributed by atoms with Crippen LogP contribution in [-0.2, 0) is 0 Å². The van der Waals surface area contributed by atoms with Gasteiger partial charge in [-0.2, -0.15) is 5.11 Å². The summed E-state index contributed by atoms with van der Waals surface area (Å²) >= 11 is 9.33. The summed E-state index contributed by atoms with van der Waals surface area (Å²) in [6.07, 6.45) is 0. The van der Waals surface area contributed by atoms with Gasteiger partial charge in [0.2, 0.25) is 0 Å². The number of non-ortho nitro benzene ring substituents is 1. The van der Waals surface area contributed by atoms with Gasteiger partial charge in [0.1, 0.15) is 5.69 Å². The molecule has 0 atom stereocenters. The molecule has 138 valence electrons. The second-order valence-electron chi connectivity index (χ2n) is 5.49. The highest BCUT2D eigenvalue weighted by atomic mass is 79.9. The smallest absolute Gasteiger partial charge is 0.272 e. The van der Waals surface area contributed by atoms with Crippen LogP contribution in [0.3, 0.4) is 0 Å². The summed E-state index contributed by atoms with van der Waals surface area (Å²) in [4.78, 5) is 12.4. The molecule has 0 fully saturated rings. The molecule has 9 heteroatoms. The van der Waals surface area contributed by atoms with E-state index in [1.165, 1.54) is 12.1 Å². The predicted octanol–water partition coefficient (Wildman–Crippen LogP) is 5.55. The Hall–Kier alpha value is -2.03. The van der Waals surface area contributed by atoms with Gasteiger partial charge in [-0.15, -0.1) is 5.11 Å². The Kier molecular flexibility index (Phi) is 7.07. The Labute approximate surface area is 164 Å². The van der Waals surface area contributed by atoms with E-state index >= 15 is 0 Å². The van der Waals surface area contributed by atoms with Gasteiger partial charge in [0.05, 0.1) is 26.7 Å². The van der Waals surface area contributed by atoms with Crippen LogP contribution in [0.4, 0.5) is 22.7 Å². The van der Waals surface area contributed by atoms with Crippen molar-refractivity contribution < 1.29 is 10.0 Å². The summed E-state index contributed by atoms with van der Waals surface area (Å²) in [5.41, 5.74) is 2.78. The largest absolute Gasteiger partial charge is 0.395 e. The quantitative estimate of drug-likeness (QED) is 0.346.